The van der Waals surface area contributed by atoms with Gasteiger partial charge in [0.05, 0.1) is 0 Å². The highest BCUT2D eigenvalue weighted by molar-refractivity contribution is 6.00. The topological polar surface area (TPSA) is 71.3 Å². The molecule has 0 bridgehead atoms. The molecule has 0 unspecified atom stereocenters. The van der Waals surface area contributed by atoms with E-state index in [4.69, 9.17) is 0 Å². The summed E-state index contributed by atoms with van der Waals surface area (Å²) in [4.78, 5) is 24.3. The second kappa shape index (κ2) is 8.21. The maximum absolute atomic E-state index is 13.5. The molecule has 4 rings (SSSR count). The summed E-state index contributed by atoms with van der Waals surface area (Å²) < 4.78 is 15.1. The molecule has 1 amide bonds. The number of fused-ring (bicyclic) bond motifs is 1. The Balaban J connectivity index is 1.63. The van der Waals surface area contributed by atoms with Gasteiger partial charge in [0, 0.05) is 29.6 Å². The van der Waals surface area contributed by atoms with Crippen LogP contribution in [0.4, 0.5) is 4.39 Å². The van der Waals surface area contributed by atoms with Gasteiger partial charge < -0.3 is 15.0 Å². The van der Waals surface area contributed by atoms with Crippen molar-refractivity contribution < 1.29 is 19.1 Å². The normalized spacial score (nSPS) is 10.8. The number of nitrogens with zero attached hydrogens (tertiary/aromatic N) is 1. The predicted molar refractivity (Wildman–Crippen MR) is 112 cm³/mol. The summed E-state index contributed by atoms with van der Waals surface area (Å²) in [5, 5.41) is 13.1. The molecule has 5 nitrogen and oxygen atoms in total. The van der Waals surface area contributed by atoms with Crippen molar-refractivity contribution in [2.45, 2.75) is 13.1 Å². The van der Waals surface area contributed by atoms with Crippen molar-refractivity contribution in [3.63, 3.8) is 0 Å². The predicted octanol–water partition coefficient (Wildman–Crippen LogP) is 4.46. The fourth-order valence-electron chi connectivity index (χ4n) is 3.46. The fraction of sp³-hybridized carbons (Fsp3) is 0.0833. The van der Waals surface area contributed by atoms with E-state index in [-0.39, 0.29) is 24.0 Å². The Kier molecular flexibility index (Phi) is 5.30. The highest BCUT2D eigenvalue weighted by Gasteiger charge is 2.17. The number of aromatic nitrogens is 1. The fourth-order valence-corrected chi connectivity index (χ4v) is 3.46. The second-order valence-corrected chi connectivity index (χ2v) is 6.99. The Bertz CT molecular complexity index is 1230. The number of hydrogen-bond acceptors (Lipinski definition) is 2. The summed E-state index contributed by atoms with van der Waals surface area (Å²) in [7, 11) is 0. The summed E-state index contributed by atoms with van der Waals surface area (Å²) in [6.45, 7) is 0.612. The first kappa shape index (κ1) is 19.4. The Morgan fingerprint density at radius 1 is 0.900 bits per heavy atom. The van der Waals surface area contributed by atoms with Crippen molar-refractivity contribution in [2.75, 3.05) is 0 Å². The maximum Gasteiger partial charge on any atom is 0.352 e. The largest absolute Gasteiger partial charge is 0.477 e. The number of hydrogen-bond donors (Lipinski definition) is 2. The molecule has 1 aromatic heterocycles. The van der Waals surface area contributed by atoms with Crippen molar-refractivity contribution in [3.05, 3.63) is 107 Å². The number of aromatic carboxylic acids is 1. The molecule has 30 heavy (non-hydrogen) atoms. The van der Waals surface area contributed by atoms with Gasteiger partial charge in [-0.3, -0.25) is 4.79 Å². The molecule has 0 saturated carbocycles. The van der Waals surface area contributed by atoms with Gasteiger partial charge in [0.15, 0.2) is 0 Å². The molecule has 6 heteroatoms. The van der Waals surface area contributed by atoms with Gasteiger partial charge in [-0.05, 0) is 47.5 Å². The maximum atomic E-state index is 13.5. The first-order valence-electron chi connectivity index (χ1n) is 9.44. The quantitative estimate of drug-likeness (QED) is 0.500. The standard InChI is InChI=1S/C24H19FN2O3/c25-20-8-4-7-17(11-20)15-27-21-10-9-18(12-19(21)13-22(27)24(29)30)23(28)26-14-16-5-2-1-3-6-16/h1-13H,14-15H2,(H,26,28)(H,29,30). The van der Waals surface area contributed by atoms with Gasteiger partial charge in [-0.1, -0.05) is 42.5 Å². The molecule has 0 aliphatic heterocycles. The first-order chi connectivity index (χ1) is 14.5. The monoisotopic (exact) mass is 402 g/mol. The molecule has 0 spiro atoms. The molecule has 150 valence electrons. The van der Waals surface area contributed by atoms with Gasteiger partial charge >= 0.3 is 5.97 Å². The van der Waals surface area contributed by atoms with Crippen LogP contribution >= 0.6 is 0 Å². The number of carbonyl (C=O) groups excluding carboxylic acids is 1. The van der Waals surface area contributed by atoms with Crippen molar-refractivity contribution in [2.24, 2.45) is 0 Å². The van der Waals surface area contributed by atoms with Crippen LogP contribution in [0.15, 0.2) is 78.9 Å². The number of carboxylic acids is 1. The van der Waals surface area contributed by atoms with E-state index in [9.17, 15) is 19.1 Å². The minimum absolute atomic E-state index is 0.0797. The van der Waals surface area contributed by atoms with Crippen LogP contribution in [0.3, 0.4) is 0 Å². The number of rotatable bonds is 6. The van der Waals surface area contributed by atoms with Crippen LogP contribution in [0.1, 0.15) is 32.0 Å². The van der Waals surface area contributed by atoms with Crippen LogP contribution in [0.5, 0.6) is 0 Å². The van der Waals surface area contributed by atoms with Gasteiger partial charge in [-0.15, -0.1) is 0 Å². The molecule has 0 aliphatic carbocycles. The molecule has 2 N–H and O–H groups in total. The number of halogens is 1. The van der Waals surface area contributed by atoms with E-state index in [2.05, 4.69) is 5.32 Å². The van der Waals surface area contributed by atoms with E-state index in [1.54, 1.807) is 34.9 Å². The molecule has 4 aromatic rings. The van der Waals surface area contributed by atoms with E-state index in [0.29, 0.717) is 28.6 Å². The van der Waals surface area contributed by atoms with Gasteiger partial charge in [-0.2, -0.15) is 0 Å². The van der Waals surface area contributed by atoms with E-state index in [1.165, 1.54) is 18.2 Å². The molecule has 0 saturated heterocycles. The van der Waals surface area contributed by atoms with Crippen LogP contribution in [-0.4, -0.2) is 21.6 Å². The van der Waals surface area contributed by atoms with Crippen LogP contribution in [0.25, 0.3) is 10.9 Å². The van der Waals surface area contributed by atoms with Crippen molar-refractivity contribution >= 4 is 22.8 Å². The van der Waals surface area contributed by atoms with E-state index in [1.807, 2.05) is 30.3 Å². The summed E-state index contributed by atoms with van der Waals surface area (Å²) in [6, 6.07) is 22.2. The summed E-state index contributed by atoms with van der Waals surface area (Å²) in [5.74, 6) is -1.70. The number of carbonyl (C=O) groups is 2. The van der Waals surface area contributed by atoms with E-state index < -0.39 is 5.97 Å². The zero-order chi connectivity index (χ0) is 21.1. The lowest BCUT2D eigenvalue weighted by Gasteiger charge is -2.10. The Labute approximate surface area is 172 Å². The summed E-state index contributed by atoms with van der Waals surface area (Å²) in [5.41, 5.74) is 2.83. The number of benzene rings is 3. The first-order valence-corrected chi connectivity index (χ1v) is 9.44. The van der Waals surface area contributed by atoms with Crippen LogP contribution in [0.2, 0.25) is 0 Å². The lowest BCUT2D eigenvalue weighted by molar-refractivity contribution is 0.0686. The van der Waals surface area contributed by atoms with Crippen molar-refractivity contribution in [1.82, 2.24) is 9.88 Å². The number of carboxylic acid groups (broad SMARTS) is 1. The van der Waals surface area contributed by atoms with Crippen LogP contribution < -0.4 is 5.32 Å². The molecule has 0 aliphatic rings. The van der Waals surface area contributed by atoms with Crippen molar-refractivity contribution in [3.8, 4) is 0 Å². The molecule has 0 atom stereocenters. The summed E-state index contributed by atoms with van der Waals surface area (Å²) >= 11 is 0. The molecular weight excluding hydrogens is 383 g/mol. The minimum Gasteiger partial charge on any atom is -0.477 e. The third-order valence-corrected chi connectivity index (χ3v) is 4.91. The molecular formula is C24H19FN2O3. The molecule has 0 radical (unpaired) electrons. The second-order valence-electron chi connectivity index (χ2n) is 6.99. The van der Waals surface area contributed by atoms with E-state index >= 15 is 0 Å². The number of amides is 1. The zero-order valence-corrected chi connectivity index (χ0v) is 16.0. The van der Waals surface area contributed by atoms with Crippen LogP contribution in [0, 0.1) is 5.82 Å². The third-order valence-electron chi connectivity index (χ3n) is 4.91. The van der Waals surface area contributed by atoms with E-state index in [0.717, 1.165) is 5.56 Å². The van der Waals surface area contributed by atoms with Crippen molar-refractivity contribution in [1.29, 1.82) is 0 Å². The third kappa shape index (κ3) is 4.07. The Hall–Kier alpha value is -3.93. The average Bonchev–Trinajstić information content (AvgIpc) is 3.11. The molecule has 1 heterocycles. The smallest absolute Gasteiger partial charge is 0.352 e. The number of nitrogens with one attached hydrogen (secondary N) is 1. The van der Waals surface area contributed by atoms with Crippen LogP contribution in [-0.2, 0) is 13.1 Å². The van der Waals surface area contributed by atoms with Gasteiger partial charge in [-0.25, -0.2) is 9.18 Å². The molecule has 3 aromatic carbocycles. The van der Waals surface area contributed by atoms with Gasteiger partial charge in [0.1, 0.15) is 11.5 Å². The highest BCUT2D eigenvalue weighted by Crippen LogP contribution is 2.23. The Morgan fingerprint density at radius 3 is 2.40 bits per heavy atom. The highest BCUT2D eigenvalue weighted by atomic mass is 19.1. The zero-order valence-electron chi connectivity index (χ0n) is 16.0. The Morgan fingerprint density at radius 2 is 1.67 bits per heavy atom. The van der Waals surface area contributed by atoms with Gasteiger partial charge in [0.25, 0.3) is 5.91 Å². The molecule has 0 fully saturated rings. The lowest BCUT2D eigenvalue weighted by atomic mass is 10.1. The lowest BCUT2D eigenvalue weighted by Crippen LogP contribution is -2.22. The summed E-state index contributed by atoms with van der Waals surface area (Å²) in [6.07, 6.45) is 0. The minimum atomic E-state index is -1.09. The average molecular weight is 402 g/mol. The van der Waals surface area contributed by atoms with Gasteiger partial charge in [0.2, 0.25) is 0 Å². The SMILES string of the molecule is O=C(NCc1ccccc1)c1ccc2c(c1)cc(C(=O)O)n2Cc1cccc(F)c1.